The fourth-order valence-electron chi connectivity index (χ4n) is 1.12. The highest BCUT2D eigenvalue weighted by Gasteiger charge is 2.35. The summed E-state index contributed by atoms with van der Waals surface area (Å²) in [5.74, 6) is 0. The van der Waals surface area contributed by atoms with E-state index in [-0.39, 0.29) is 0 Å². The standard InChI is InChI=1S/C8H11NO6S2/c10-16(11,12)8(17(13,14)15)6-9-7-4-2-1-3-5-7/h1-5,8-9H,6H2,(H,10,11,12)(H,13,14,15). The molecule has 7 nitrogen and oxygen atoms in total. The molecule has 0 heterocycles. The molecule has 0 aromatic heterocycles. The SMILES string of the molecule is O=S(=O)(O)C(CNc1ccccc1)S(=O)(=O)O. The Morgan fingerprint density at radius 2 is 1.47 bits per heavy atom. The molecule has 0 saturated heterocycles. The first-order valence-corrected chi connectivity index (χ1v) is 7.43. The van der Waals surface area contributed by atoms with Gasteiger partial charge in [-0.05, 0) is 12.1 Å². The molecule has 0 unspecified atom stereocenters. The lowest BCUT2D eigenvalue weighted by atomic mass is 10.3. The van der Waals surface area contributed by atoms with E-state index < -0.39 is 31.4 Å². The van der Waals surface area contributed by atoms with Gasteiger partial charge in [-0.1, -0.05) is 18.2 Å². The van der Waals surface area contributed by atoms with E-state index in [4.69, 9.17) is 9.11 Å². The van der Waals surface area contributed by atoms with Crippen LogP contribution in [0.15, 0.2) is 30.3 Å². The molecule has 0 fully saturated rings. The smallest absolute Gasteiger partial charge is 0.286 e. The van der Waals surface area contributed by atoms with E-state index in [1.807, 2.05) is 0 Å². The fourth-order valence-corrected chi connectivity index (χ4v) is 2.94. The topological polar surface area (TPSA) is 121 Å². The number of anilines is 1. The summed E-state index contributed by atoms with van der Waals surface area (Å²) in [7, 11) is -9.79. The van der Waals surface area contributed by atoms with Crippen LogP contribution in [0.3, 0.4) is 0 Å². The molecule has 0 aliphatic heterocycles. The monoisotopic (exact) mass is 281 g/mol. The summed E-state index contributed by atoms with van der Waals surface area (Å²) in [6.07, 6.45) is 0. The molecule has 0 spiro atoms. The van der Waals surface area contributed by atoms with Gasteiger partial charge in [0.2, 0.25) is 4.58 Å². The molecule has 0 atom stereocenters. The minimum absolute atomic E-state index is 0.463. The van der Waals surface area contributed by atoms with Gasteiger partial charge >= 0.3 is 0 Å². The van der Waals surface area contributed by atoms with Crippen molar-refractivity contribution in [2.75, 3.05) is 11.9 Å². The van der Waals surface area contributed by atoms with Gasteiger partial charge in [0.1, 0.15) is 0 Å². The molecule has 0 amide bonds. The highest BCUT2D eigenvalue weighted by atomic mass is 32.3. The Labute approximate surface area is 99.0 Å². The highest BCUT2D eigenvalue weighted by molar-refractivity contribution is 8.04. The zero-order chi connectivity index (χ0) is 13.1. The summed E-state index contributed by atoms with van der Waals surface area (Å²) in [4.78, 5) is 0. The molecule has 1 rings (SSSR count). The van der Waals surface area contributed by atoms with Crippen LogP contribution >= 0.6 is 0 Å². The Morgan fingerprint density at radius 1 is 1.00 bits per heavy atom. The Bertz CT molecular complexity index is 533. The van der Waals surface area contributed by atoms with E-state index >= 15 is 0 Å². The van der Waals surface area contributed by atoms with E-state index in [1.165, 1.54) is 0 Å². The van der Waals surface area contributed by atoms with Gasteiger partial charge in [0.25, 0.3) is 20.2 Å². The maximum atomic E-state index is 10.8. The molecule has 1 aromatic carbocycles. The van der Waals surface area contributed by atoms with Crippen LogP contribution in [0, 0.1) is 0 Å². The minimum Gasteiger partial charge on any atom is -0.382 e. The lowest BCUT2D eigenvalue weighted by molar-refractivity contribution is 0.456. The van der Waals surface area contributed by atoms with Crippen molar-refractivity contribution in [1.29, 1.82) is 0 Å². The van der Waals surface area contributed by atoms with Crippen LogP contribution in [0.4, 0.5) is 5.69 Å². The minimum atomic E-state index is -4.89. The summed E-state index contributed by atoms with van der Waals surface area (Å²) in [5.41, 5.74) is 0.463. The Morgan fingerprint density at radius 3 is 1.88 bits per heavy atom. The van der Waals surface area contributed by atoms with Crippen molar-refractivity contribution in [3.8, 4) is 0 Å². The second-order valence-corrected chi connectivity index (χ2v) is 6.70. The molecule has 3 N–H and O–H groups in total. The third kappa shape index (κ3) is 4.30. The second-order valence-electron chi connectivity index (χ2n) is 3.21. The number of hydrogen-bond donors (Lipinski definition) is 3. The van der Waals surface area contributed by atoms with Crippen LogP contribution in [0.1, 0.15) is 0 Å². The van der Waals surface area contributed by atoms with Crippen molar-refractivity contribution in [2.24, 2.45) is 0 Å². The quantitative estimate of drug-likeness (QED) is 0.659. The van der Waals surface area contributed by atoms with Crippen molar-refractivity contribution in [2.45, 2.75) is 4.58 Å². The molecule has 0 aliphatic rings. The number of hydrogen-bond acceptors (Lipinski definition) is 5. The summed E-state index contributed by atoms with van der Waals surface area (Å²) >= 11 is 0. The van der Waals surface area contributed by atoms with Crippen molar-refractivity contribution in [3.63, 3.8) is 0 Å². The first-order chi connectivity index (χ1) is 7.71. The van der Waals surface area contributed by atoms with Crippen molar-refractivity contribution in [1.82, 2.24) is 0 Å². The lowest BCUT2D eigenvalue weighted by Gasteiger charge is -2.12. The molecule has 17 heavy (non-hydrogen) atoms. The average Bonchev–Trinajstić information content (AvgIpc) is 2.15. The van der Waals surface area contributed by atoms with Crippen molar-refractivity contribution in [3.05, 3.63) is 30.3 Å². The molecule has 0 aliphatic carbocycles. The predicted octanol–water partition coefficient (Wildman–Crippen LogP) is 0.200. The van der Waals surface area contributed by atoms with Crippen LogP contribution in [0.5, 0.6) is 0 Å². The lowest BCUT2D eigenvalue weighted by Crippen LogP contribution is -2.36. The van der Waals surface area contributed by atoms with Gasteiger partial charge in [-0.15, -0.1) is 0 Å². The number of nitrogens with one attached hydrogen (secondary N) is 1. The number of para-hydroxylation sites is 1. The predicted molar refractivity (Wildman–Crippen MR) is 61.8 cm³/mol. The molecular weight excluding hydrogens is 270 g/mol. The van der Waals surface area contributed by atoms with Crippen LogP contribution in [-0.4, -0.2) is 37.1 Å². The van der Waals surface area contributed by atoms with Gasteiger partial charge < -0.3 is 5.32 Å². The van der Waals surface area contributed by atoms with Gasteiger partial charge in [-0.25, -0.2) is 0 Å². The van der Waals surface area contributed by atoms with Crippen molar-refractivity contribution < 1.29 is 25.9 Å². The molecular formula is C8H11NO6S2. The summed E-state index contributed by atoms with van der Waals surface area (Å²) in [6.45, 7) is -0.651. The number of rotatable bonds is 5. The molecule has 9 heteroatoms. The molecule has 96 valence electrons. The number of benzene rings is 1. The molecule has 0 bridgehead atoms. The largest absolute Gasteiger partial charge is 0.382 e. The fraction of sp³-hybridized carbons (Fsp3) is 0.250. The van der Waals surface area contributed by atoms with Gasteiger partial charge in [0.05, 0.1) is 6.54 Å². The average molecular weight is 281 g/mol. The van der Waals surface area contributed by atoms with E-state index in [1.54, 1.807) is 30.3 Å². The third-order valence-electron chi connectivity index (χ3n) is 1.91. The van der Waals surface area contributed by atoms with E-state index in [2.05, 4.69) is 5.32 Å². The maximum absolute atomic E-state index is 10.8. The first-order valence-electron chi connectivity index (χ1n) is 4.43. The van der Waals surface area contributed by atoms with Gasteiger partial charge in [0, 0.05) is 5.69 Å². The molecule has 0 radical (unpaired) electrons. The summed E-state index contributed by atoms with van der Waals surface area (Å²) < 4.78 is 58.2. The normalized spacial score (nSPS) is 12.6. The molecule has 0 saturated carbocycles. The van der Waals surface area contributed by atoms with Gasteiger partial charge in [0.15, 0.2) is 0 Å². The summed E-state index contributed by atoms with van der Waals surface area (Å²) in [6, 6.07) is 8.17. The van der Waals surface area contributed by atoms with Crippen molar-refractivity contribution >= 4 is 25.9 Å². The Balaban J connectivity index is 2.84. The van der Waals surface area contributed by atoms with Gasteiger partial charge in [-0.3, -0.25) is 9.11 Å². The first kappa shape index (κ1) is 13.9. The van der Waals surface area contributed by atoms with E-state index in [0.717, 1.165) is 0 Å². The van der Waals surface area contributed by atoms with Crippen LogP contribution < -0.4 is 5.32 Å². The van der Waals surface area contributed by atoms with E-state index in [9.17, 15) is 16.8 Å². The Hall–Kier alpha value is -1.16. The second kappa shape index (κ2) is 5.00. The van der Waals surface area contributed by atoms with Crippen LogP contribution in [0.2, 0.25) is 0 Å². The van der Waals surface area contributed by atoms with E-state index in [0.29, 0.717) is 5.69 Å². The zero-order valence-electron chi connectivity index (χ0n) is 8.52. The van der Waals surface area contributed by atoms with Crippen LogP contribution in [0.25, 0.3) is 0 Å². The van der Waals surface area contributed by atoms with Crippen LogP contribution in [-0.2, 0) is 20.2 Å². The Kier molecular flexibility index (Phi) is 4.09. The zero-order valence-corrected chi connectivity index (χ0v) is 10.1. The maximum Gasteiger partial charge on any atom is 0.286 e. The van der Waals surface area contributed by atoms with Gasteiger partial charge in [-0.2, -0.15) is 16.8 Å². The molecule has 1 aromatic rings. The third-order valence-corrected chi connectivity index (χ3v) is 5.03. The highest BCUT2D eigenvalue weighted by Crippen LogP contribution is 2.10. The summed E-state index contributed by atoms with van der Waals surface area (Å²) in [5, 5.41) is 2.48.